The summed E-state index contributed by atoms with van der Waals surface area (Å²) in [6.07, 6.45) is 10.9. The summed E-state index contributed by atoms with van der Waals surface area (Å²) in [5.74, 6) is 0.775. The second kappa shape index (κ2) is 10.8. The molecule has 1 aliphatic carbocycles. The average molecular weight is 395 g/mol. The average Bonchev–Trinajstić information content (AvgIpc) is 3.17. The Labute approximate surface area is 173 Å². The molecule has 0 spiro atoms. The highest BCUT2D eigenvalue weighted by Crippen LogP contribution is 2.45. The highest BCUT2D eigenvalue weighted by molar-refractivity contribution is 5.79. The topological polar surface area (TPSA) is 55.8 Å². The Morgan fingerprint density at radius 2 is 1.79 bits per heavy atom. The third-order valence-corrected chi connectivity index (χ3v) is 5.62. The van der Waals surface area contributed by atoms with Gasteiger partial charge >= 0.3 is 5.97 Å². The minimum absolute atomic E-state index is 0.263. The summed E-state index contributed by atoms with van der Waals surface area (Å²) in [7, 11) is 0. The molecule has 0 unspecified atom stereocenters. The van der Waals surface area contributed by atoms with E-state index in [1.807, 2.05) is 60.7 Å². The van der Waals surface area contributed by atoms with Crippen LogP contribution in [0.15, 0.2) is 66.7 Å². The maximum absolute atomic E-state index is 10.7. The second-order valence-electron chi connectivity index (χ2n) is 7.87. The largest absolute Gasteiger partial charge is 0.478 e. The van der Waals surface area contributed by atoms with E-state index in [-0.39, 0.29) is 5.41 Å². The molecule has 3 rings (SSSR count). The van der Waals surface area contributed by atoms with Gasteiger partial charge in [-0.05, 0) is 67.3 Å². The normalized spacial score (nSPS) is 15.6. The van der Waals surface area contributed by atoms with Crippen LogP contribution in [0.25, 0.3) is 0 Å². The fourth-order valence-corrected chi connectivity index (χ4v) is 4.15. The quantitative estimate of drug-likeness (QED) is 0.355. The van der Waals surface area contributed by atoms with Gasteiger partial charge in [-0.25, -0.2) is 4.79 Å². The molecule has 1 N–H and O–H groups in total. The summed E-state index contributed by atoms with van der Waals surface area (Å²) in [5, 5.41) is 8.81. The summed E-state index contributed by atoms with van der Waals surface area (Å²) in [4.78, 5) is 10.7. The van der Waals surface area contributed by atoms with Crippen LogP contribution in [0.5, 0.6) is 11.5 Å². The van der Waals surface area contributed by atoms with E-state index in [1.165, 1.54) is 31.8 Å². The van der Waals surface area contributed by atoms with Gasteiger partial charge in [-0.2, -0.15) is 0 Å². The number of ether oxygens (including phenoxy) is 2. The summed E-state index contributed by atoms with van der Waals surface area (Å²) >= 11 is 0. The Morgan fingerprint density at radius 1 is 1.03 bits per heavy atom. The number of para-hydroxylation sites is 1. The fourth-order valence-electron chi connectivity index (χ4n) is 4.15. The van der Waals surface area contributed by atoms with Gasteiger partial charge in [0.15, 0.2) is 0 Å². The van der Waals surface area contributed by atoms with Crippen LogP contribution in [0.2, 0.25) is 0 Å². The van der Waals surface area contributed by atoms with E-state index >= 15 is 0 Å². The van der Waals surface area contributed by atoms with Crippen LogP contribution in [-0.4, -0.2) is 17.7 Å². The lowest BCUT2D eigenvalue weighted by atomic mass is 9.78. The number of rotatable bonds is 11. The number of carbonyl (C=O) groups is 1. The van der Waals surface area contributed by atoms with Crippen molar-refractivity contribution in [3.8, 4) is 11.5 Å². The van der Waals surface area contributed by atoms with Gasteiger partial charge in [0.2, 0.25) is 0 Å². The monoisotopic (exact) mass is 394 g/mol. The van der Waals surface area contributed by atoms with E-state index in [1.54, 1.807) is 0 Å². The van der Waals surface area contributed by atoms with Crippen LogP contribution in [0.4, 0.5) is 0 Å². The molecule has 2 aromatic rings. The molecule has 4 heteroatoms. The molecule has 0 aromatic heterocycles. The van der Waals surface area contributed by atoms with E-state index in [2.05, 4.69) is 0 Å². The molecule has 0 aliphatic heterocycles. The van der Waals surface area contributed by atoms with Crippen LogP contribution in [0.1, 0.15) is 50.5 Å². The molecule has 4 nitrogen and oxygen atoms in total. The third-order valence-electron chi connectivity index (χ3n) is 5.62. The lowest BCUT2D eigenvalue weighted by Crippen LogP contribution is -2.16. The lowest BCUT2D eigenvalue weighted by Gasteiger charge is -2.27. The van der Waals surface area contributed by atoms with Gasteiger partial charge in [-0.15, -0.1) is 0 Å². The molecule has 154 valence electrons. The molecule has 29 heavy (non-hydrogen) atoms. The molecular weight excluding hydrogens is 364 g/mol. The van der Waals surface area contributed by atoms with Gasteiger partial charge in [0.1, 0.15) is 11.5 Å². The van der Waals surface area contributed by atoms with Gasteiger partial charge in [0, 0.05) is 12.7 Å². The van der Waals surface area contributed by atoms with Crippen LogP contribution >= 0.6 is 0 Å². The first kappa shape index (κ1) is 21.1. The molecule has 0 heterocycles. The van der Waals surface area contributed by atoms with Crippen LogP contribution in [0.3, 0.4) is 0 Å². The van der Waals surface area contributed by atoms with Crippen molar-refractivity contribution in [3.63, 3.8) is 0 Å². The zero-order chi connectivity index (χ0) is 20.4. The van der Waals surface area contributed by atoms with Crippen LogP contribution in [-0.2, 0) is 16.1 Å². The first-order chi connectivity index (χ1) is 14.2. The third kappa shape index (κ3) is 7.06. The zero-order valence-electron chi connectivity index (χ0n) is 16.9. The Morgan fingerprint density at radius 3 is 2.55 bits per heavy atom. The van der Waals surface area contributed by atoms with Crippen molar-refractivity contribution in [2.24, 2.45) is 5.41 Å². The maximum Gasteiger partial charge on any atom is 0.327 e. The molecule has 0 saturated heterocycles. The highest BCUT2D eigenvalue weighted by atomic mass is 16.5. The predicted octanol–water partition coefficient (Wildman–Crippen LogP) is 6.37. The Kier molecular flexibility index (Phi) is 7.88. The molecule has 0 radical (unpaired) electrons. The molecule has 0 atom stereocenters. The minimum Gasteiger partial charge on any atom is -0.478 e. The van der Waals surface area contributed by atoms with Crippen molar-refractivity contribution in [2.45, 2.75) is 51.6 Å². The first-order valence-corrected chi connectivity index (χ1v) is 10.4. The molecular formula is C25H30O4. The fraction of sp³-hybridized carbons (Fsp3) is 0.400. The van der Waals surface area contributed by atoms with E-state index < -0.39 is 5.97 Å². The van der Waals surface area contributed by atoms with Crippen LogP contribution < -0.4 is 4.74 Å². The van der Waals surface area contributed by atoms with Crippen molar-refractivity contribution in [2.75, 3.05) is 6.61 Å². The Balaban J connectivity index is 1.42. The number of carboxylic acid groups (broad SMARTS) is 1. The Bertz CT molecular complexity index is 791. The van der Waals surface area contributed by atoms with Crippen molar-refractivity contribution >= 4 is 5.97 Å². The summed E-state index contributed by atoms with van der Waals surface area (Å²) in [6.45, 7) is 1.28. The van der Waals surface area contributed by atoms with Gasteiger partial charge in [0.25, 0.3) is 0 Å². The summed E-state index contributed by atoms with van der Waals surface area (Å²) < 4.78 is 11.8. The van der Waals surface area contributed by atoms with Gasteiger partial charge in [0.05, 0.1) is 6.61 Å². The summed E-state index contributed by atoms with van der Waals surface area (Å²) in [6, 6.07) is 17.8. The second-order valence-corrected chi connectivity index (χ2v) is 7.87. The predicted molar refractivity (Wildman–Crippen MR) is 114 cm³/mol. The molecule has 2 aromatic carbocycles. The smallest absolute Gasteiger partial charge is 0.327 e. The molecule has 1 fully saturated rings. The maximum atomic E-state index is 10.7. The van der Waals surface area contributed by atoms with E-state index in [4.69, 9.17) is 14.6 Å². The van der Waals surface area contributed by atoms with Gasteiger partial charge < -0.3 is 14.6 Å². The van der Waals surface area contributed by atoms with Crippen molar-refractivity contribution < 1.29 is 19.4 Å². The van der Waals surface area contributed by atoms with Crippen molar-refractivity contribution in [1.29, 1.82) is 0 Å². The molecule has 0 bridgehead atoms. The van der Waals surface area contributed by atoms with E-state index in [0.29, 0.717) is 13.2 Å². The first-order valence-electron chi connectivity index (χ1n) is 10.4. The number of hydrogen-bond donors (Lipinski definition) is 1. The minimum atomic E-state index is -0.861. The number of aliphatic carboxylic acids is 1. The van der Waals surface area contributed by atoms with E-state index in [0.717, 1.165) is 36.3 Å². The SMILES string of the molecule is O=C(O)C=CCC1(CCCOCc2cccc(Oc3ccccc3)c2)CCCC1. The van der Waals surface area contributed by atoms with Crippen LogP contribution in [0, 0.1) is 5.41 Å². The van der Waals surface area contributed by atoms with E-state index in [9.17, 15) is 4.79 Å². The lowest BCUT2D eigenvalue weighted by molar-refractivity contribution is -0.131. The van der Waals surface area contributed by atoms with Crippen molar-refractivity contribution in [1.82, 2.24) is 0 Å². The van der Waals surface area contributed by atoms with Crippen molar-refractivity contribution in [3.05, 3.63) is 72.3 Å². The molecule has 1 aliphatic rings. The molecule has 0 amide bonds. The number of allylic oxidation sites excluding steroid dienone is 1. The number of hydrogen-bond acceptors (Lipinski definition) is 3. The van der Waals surface area contributed by atoms with Gasteiger partial charge in [-0.1, -0.05) is 49.2 Å². The zero-order valence-corrected chi connectivity index (χ0v) is 16.9. The number of carboxylic acids is 1. The standard InChI is InChI=1S/C25H30O4/c26-24(27)13-7-16-25(14-4-5-15-25)17-8-18-28-20-21-9-6-12-23(19-21)29-22-10-2-1-3-11-22/h1-3,6-7,9-13,19H,4-5,8,14-18,20H2,(H,26,27). The van der Waals surface area contributed by atoms with Gasteiger partial charge in [-0.3, -0.25) is 0 Å². The number of benzene rings is 2. The Hall–Kier alpha value is -2.59. The molecule has 1 saturated carbocycles. The highest BCUT2D eigenvalue weighted by Gasteiger charge is 2.31. The summed E-state index contributed by atoms with van der Waals surface area (Å²) in [5.41, 5.74) is 1.36.